The van der Waals surface area contributed by atoms with Crippen LogP contribution in [0.15, 0.2) is 30.3 Å². The van der Waals surface area contributed by atoms with E-state index in [1.165, 1.54) is 12.8 Å². The Bertz CT molecular complexity index is 411. The van der Waals surface area contributed by atoms with Crippen LogP contribution in [0.5, 0.6) is 0 Å². The zero-order valence-electron chi connectivity index (χ0n) is 11.6. The van der Waals surface area contributed by atoms with Crippen LogP contribution in [0.1, 0.15) is 24.3 Å². The van der Waals surface area contributed by atoms with Crippen LogP contribution in [0.2, 0.25) is 0 Å². The summed E-state index contributed by atoms with van der Waals surface area (Å²) in [4.78, 5) is 2.41. The predicted molar refractivity (Wildman–Crippen MR) is 75.8 cm³/mol. The van der Waals surface area contributed by atoms with Crippen molar-refractivity contribution in [3.8, 4) is 6.07 Å². The number of piperidine rings is 1. The van der Waals surface area contributed by atoms with Gasteiger partial charge in [-0.05, 0) is 30.9 Å². The SMILES string of the molecule is COCC1CCCN(CC(C#N)c2ccccc2)C1. The first-order valence-electron chi connectivity index (χ1n) is 6.99. The molecule has 0 aliphatic carbocycles. The molecule has 0 N–H and O–H groups in total. The molecule has 2 unspecified atom stereocenters. The van der Waals surface area contributed by atoms with Gasteiger partial charge in [0, 0.05) is 20.2 Å². The summed E-state index contributed by atoms with van der Waals surface area (Å²) in [6.07, 6.45) is 2.45. The van der Waals surface area contributed by atoms with E-state index >= 15 is 0 Å². The minimum absolute atomic E-state index is 0.0255. The van der Waals surface area contributed by atoms with E-state index in [0.717, 1.165) is 31.8 Å². The van der Waals surface area contributed by atoms with E-state index in [0.29, 0.717) is 5.92 Å². The molecule has 19 heavy (non-hydrogen) atoms. The maximum absolute atomic E-state index is 9.38. The van der Waals surface area contributed by atoms with E-state index in [4.69, 9.17) is 4.74 Å². The van der Waals surface area contributed by atoms with Gasteiger partial charge in [-0.3, -0.25) is 0 Å². The van der Waals surface area contributed by atoms with Gasteiger partial charge in [-0.15, -0.1) is 0 Å². The number of hydrogen-bond acceptors (Lipinski definition) is 3. The summed E-state index contributed by atoms with van der Waals surface area (Å²) in [6.45, 7) is 3.82. The molecule has 1 fully saturated rings. The van der Waals surface area contributed by atoms with Gasteiger partial charge in [-0.25, -0.2) is 0 Å². The van der Waals surface area contributed by atoms with Gasteiger partial charge in [0.1, 0.15) is 0 Å². The molecule has 2 rings (SSSR count). The van der Waals surface area contributed by atoms with Crippen LogP contribution in [0.3, 0.4) is 0 Å². The highest BCUT2D eigenvalue weighted by atomic mass is 16.5. The lowest BCUT2D eigenvalue weighted by atomic mass is 9.95. The van der Waals surface area contributed by atoms with Crippen molar-refractivity contribution in [1.29, 1.82) is 5.26 Å². The minimum Gasteiger partial charge on any atom is -0.384 e. The van der Waals surface area contributed by atoms with E-state index in [1.54, 1.807) is 7.11 Å². The Morgan fingerprint density at radius 3 is 2.89 bits per heavy atom. The molecule has 1 saturated heterocycles. The highest BCUT2D eigenvalue weighted by molar-refractivity contribution is 5.25. The molecular formula is C16H22N2O. The number of ether oxygens (including phenoxy) is 1. The number of rotatable bonds is 5. The van der Waals surface area contributed by atoms with Gasteiger partial charge in [0.25, 0.3) is 0 Å². The molecule has 0 amide bonds. The monoisotopic (exact) mass is 258 g/mol. The molecule has 2 atom stereocenters. The highest BCUT2D eigenvalue weighted by Gasteiger charge is 2.22. The Balaban J connectivity index is 1.93. The van der Waals surface area contributed by atoms with Crippen LogP contribution in [0.25, 0.3) is 0 Å². The van der Waals surface area contributed by atoms with E-state index in [-0.39, 0.29) is 5.92 Å². The maximum Gasteiger partial charge on any atom is 0.0839 e. The smallest absolute Gasteiger partial charge is 0.0839 e. The zero-order valence-corrected chi connectivity index (χ0v) is 11.6. The van der Waals surface area contributed by atoms with E-state index in [1.807, 2.05) is 30.3 Å². The van der Waals surface area contributed by atoms with Crippen molar-refractivity contribution >= 4 is 0 Å². The normalized spacial score (nSPS) is 21.8. The first kappa shape index (κ1) is 14.0. The summed E-state index contributed by atoms with van der Waals surface area (Å²) in [6, 6.07) is 12.5. The molecule has 1 aliphatic rings. The van der Waals surface area contributed by atoms with Gasteiger partial charge in [0.15, 0.2) is 0 Å². The molecule has 1 aromatic carbocycles. The van der Waals surface area contributed by atoms with Crippen molar-refractivity contribution in [1.82, 2.24) is 4.90 Å². The molecule has 0 radical (unpaired) electrons. The predicted octanol–water partition coefficient (Wildman–Crippen LogP) is 2.65. The number of methoxy groups -OCH3 is 1. The molecule has 1 aromatic rings. The topological polar surface area (TPSA) is 36.3 Å². The van der Waals surface area contributed by atoms with Crippen LogP contribution >= 0.6 is 0 Å². The molecule has 102 valence electrons. The lowest BCUT2D eigenvalue weighted by Crippen LogP contribution is -2.39. The van der Waals surface area contributed by atoms with Gasteiger partial charge >= 0.3 is 0 Å². The molecule has 0 spiro atoms. The van der Waals surface area contributed by atoms with Gasteiger partial charge in [0.2, 0.25) is 0 Å². The maximum atomic E-state index is 9.38. The Morgan fingerprint density at radius 2 is 2.21 bits per heavy atom. The highest BCUT2D eigenvalue weighted by Crippen LogP contribution is 2.21. The van der Waals surface area contributed by atoms with Crippen molar-refractivity contribution in [2.75, 3.05) is 33.4 Å². The van der Waals surface area contributed by atoms with Crippen molar-refractivity contribution in [3.05, 3.63) is 35.9 Å². The third kappa shape index (κ3) is 4.05. The van der Waals surface area contributed by atoms with E-state index in [9.17, 15) is 5.26 Å². The van der Waals surface area contributed by atoms with Crippen molar-refractivity contribution in [2.45, 2.75) is 18.8 Å². The second-order valence-electron chi connectivity index (χ2n) is 5.32. The standard InChI is InChI=1S/C16H22N2O/c1-19-13-14-6-5-9-18(11-14)12-16(10-17)15-7-3-2-4-8-15/h2-4,7-8,14,16H,5-6,9,11-13H2,1H3. The molecule has 1 aliphatic heterocycles. The summed E-state index contributed by atoms with van der Waals surface area (Å²) < 4.78 is 5.25. The quantitative estimate of drug-likeness (QED) is 0.814. The number of benzene rings is 1. The third-order valence-corrected chi connectivity index (χ3v) is 3.80. The van der Waals surface area contributed by atoms with Crippen LogP contribution in [0, 0.1) is 17.2 Å². The van der Waals surface area contributed by atoms with Crippen LogP contribution in [0.4, 0.5) is 0 Å². The van der Waals surface area contributed by atoms with Crippen LogP contribution in [-0.4, -0.2) is 38.3 Å². The van der Waals surface area contributed by atoms with E-state index in [2.05, 4.69) is 11.0 Å². The summed E-state index contributed by atoms with van der Waals surface area (Å²) >= 11 is 0. The number of hydrogen-bond donors (Lipinski definition) is 0. The fourth-order valence-corrected chi connectivity index (χ4v) is 2.85. The van der Waals surface area contributed by atoms with Crippen molar-refractivity contribution in [2.24, 2.45) is 5.92 Å². The lowest BCUT2D eigenvalue weighted by Gasteiger charge is -2.33. The largest absolute Gasteiger partial charge is 0.384 e. The van der Waals surface area contributed by atoms with E-state index < -0.39 is 0 Å². The summed E-state index contributed by atoms with van der Waals surface area (Å²) in [5.41, 5.74) is 1.12. The molecule has 0 saturated carbocycles. The Kier molecular flexibility index (Phi) is 5.38. The number of nitriles is 1. The van der Waals surface area contributed by atoms with Crippen LogP contribution in [-0.2, 0) is 4.74 Å². The molecular weight excluding hydrogens is 236 g/mol. The number of likely N-dealkylation sites (tertiary alicyclic amines) is 1. The van der Waals surface area contributed by atoms with Crippen molar-refractivity contribution in [3.63, 3.8) is 0 Å². The first-order chi connectivity index (χ1) is 9.33. The Morgan fingerprint density at radius 1 is 1.42 bits per heavy atom. The third-order valence-electron chi connectivity index (χ3n) is 3.80. The second kappa shape index (κ2) is 7.28. The fourth-order valence-electron chi connectivity index (χ4n) is 2.85. The lowest BCUT2D eigenvalue weighted by molar-refractivity contribution is 0.0897. The van der Waals surface area contributed by atoms with Gasteiger partial charge in [-0.1, -0.05) is 30.3 Å². The Labute approximate surface area is 115 Å². The van der Waals surface area contributed by atoms with Gasteiger partial charge in [-0.2, -0.15) is 5.26 Å². The van der Waals surface area contributed by atoms with Gasteiger partial charge < -0.3 is 9.64 Å². The van der Waals surface area contributed by atoms with Gasteiger partial charge in [0.05, 0.1) is 18.6 Å². The zero-order chi connectivity index (χ0) is 13.5. The summed E-state index contributed by atoms with van der Waals surface area (Å²) in [7, 11) is 1.76. The Hall–Kier alpha value is -1.37. The van der Waals surface area contributed by atoms with Crippen molar-refractivity contribution < 1.29 is 4.74 Å². The average Bonchev–Trinajstić information content (AvgIpc) is 2.46. The molecule has 0 bridgehead atoms. The molecule has 0 aromatic heterocycles. The first-order valence-corrected chi connectivity index (χ1v) is 6.99. The molecule has 1 heterocycles. The molecule has 3 nitrogen and oxygen atoms in total. The molecule has 3 heteroatoms. The average molecular weight is 258 g/mol. The summed E-state index contributed by atoms with van der Waals surface area (Å²) in [5.74, 6) is 0.594. The minimum atomic E-state index is -0.0255. The van der Waals surface area contributed by atoms with Crippen LogP contribution < -0.4 is 0 Å². The second-order valence-corrected chi connectivity index (χ2v) is 5.32. The summed E-state index contributed by atoms with van der Waals surface area (Å²) in [5, 5.41) is 9.38. The fraction of sp³-hybridized carbons (Fsp3) is 0.562. The number of nitrogens with zero attached hydrogens (tertiary/aromatic N) is 2.